The lowest BCUT2D eigenvalue weighted by Crippen LogP contribution is -2.62. The minimum Gasteiger partial charge on any atom is -0.459 e. The lowest BCUT2D eigenvalue weighted by atomic mass is 10.0. The smallest absolute Gasteiger partial charge is 0.338 e. The Labute approximate surface area is 202 Å². The van der Waals surface area contributed by atoms with Gasteiger partial charge in [-0.25, -0.2) is 4.79 Å². The summed E-state index contributed by atoms with van der Waals surface area (Å²) in [5, 5.41) is 59.5. The van der Waals surface area contributed by atoms with Crippen LogP contribution >= 0.6 is 34.8 Å². The van der Waals surface area contributed by atoms with E-state index in [1.807, 2.05) is 0 Å². The molecule has 1 aromatic carbocycles. The first-order valence-electron chi connectivity index (χ1n) is 9.73. The van der Waals surface area contributed by atoms with E-state index in [9.17, 15) is 35.4 Å². The zero-order valence-electron chi connectivity index (χ0n) is 16.7. The molecule has 14 heteroatoms. The fourth-order valence-electron chi connectivity index (χ4n) is 3.46. The van der Waals surface area contributed by atoms with Crippen LogP contribution in [0.15, 0.2) is 30.3 Å². The van der Waals surface area contributed by atoms with Crippen LogP contribution < -0.4 is 0 Å². The van der Waals surface area contributed by atoms with Crippen LogP contribution in [0.25, 0.3) is 0 Å². The molecule has 11 nitrogen and oxygen atoms in total. The normalized spacial score (nSPS) is 40.9. The van der Waals surface area contributed by atoms with Crippen LogP contribution in [-0.2, 0) is 18.9 Å². The van der Waals surface area contributed by atoms with Gasteiger partial charge in [0.15, 0.2) is 17.4 Å². The van der Waals surface area contributed by atoms with E-state index < -0.39 is 77.8 Å². The topological polar surface area (TPSA) is 175 Å². The third kappa shape index (κ3) is 5.40. The SMILES string of the molecule is O=C(OC[C@H]1O[C@@H](O[C@@]2(C(O)Cl)O[C@H](C(O)Cl)[C@@H](O)[C@@H]2O)[C@H](O)[C@@H](O)[C@H]1Cl)c1ccccc1. The second-order valence-electron chi connectivity index (χ2n) is 7.50. The Morgan fingerprint density at radius 1 is 1.06 bits per heavy atom. The van der Waals surface area contributed by atoms with Gasteiger partial charge in [-0.15, -0.1) is 11.6 Å². The van der Waals surface area contributed by atoms with Crippen LogP contribution in [-0.4, -0.2) is 108 Å². The molecule has 186 valence electrons. The Kier molecular flexibility index (Phi) is 8.82. The van der Waals surface area contributed by atoms with Gasteiger partial charge in [0.2, 0.25) is 5.79 Å². The van der Waals surface area contributed by atoms with Crippen LogP contribution in [0.1, 0.15) is 10.4 Å². The van der Waals surface area contributed by atoms with Gasteiger partial charge in [0, 0.05) is 0 Å². The minimum absolute atomic E-state index is 0.249. The van der Waals surface area contributed by atoms with Crippen molar-refractivity contribution in [3.8, 4) is 0 Å². The first-order valence-corrected chi connectivity index (χ1v) is 11.0. The highest BCUT2D eigenvalue weighted by molar-refractivity contribution is 6.21. The molecule has 2 aliphatic heterocycles. The molecule has 33 heavy (non-hydrogen) atoms. The Hall–Kier alpha value is -0.800. The molecule has 2 aliphatic rings. The predicted molar refractivity (Wildman–Crippen MR) is 111 cm³/mol. The molecule has 11 atom stereocenters. The van der Waals surface area contributed by atoms with Crippen molar-refractivity contribution in [2.45, 2.75) is 65.2 Å². The molecule has 3 rings (SSSR count). The molecule has 6 N–H and O–H groups in total. The van der Waals surface area contributed by atoms with Crippen LogP contribution in [0.5, 0.6) is 0 Å². The number of rotatable bonds is 7. The summed E-state index contributed by atoms with van der Waals surface area (Å²) in [7, 11) is 0. The van der Waals surface area contributed by atoms with Crippen molar-refractivity contribution in [3.05, 3.63) is 35.9 Å². The molecule has 2 unspecified atom stereocenters. The van der Waals surface area contributed by atoms with Gasteiger partial charge in [-0.2, -0.15) is 0 Å². The number of carbonyl (C=O) groups excluding carboxylic acids is 1. The van der Waals surface area contributed by atoms with Crippen molar-refractivity contribution in [1.82, 2.24) is 0 Å². The van der Waals surface area contributed by atoms with Gasteiger partial charge in [0.25, 0.3) is 0 Å². The molecule has 0 saturated carbocycles. The molecule has 0 radical (unpaired) electrons. The molecule has 0 aromatic heterocycles. The van der Waals surface area contributed by atoms with E-state index in [1.54, 1.807) is 18.2 Å². The summed E-state index contributed by atoms with van der Waals surface area (Å²) in [5.41, 5.74) is -3.73. The number of hydrogen-bond donors (Lipinski definition) is 6. The van der Waals surface area contributed by atoms with Crippen LogP contribution in [0.3, 0.4) is 0 Å². The maximum atomic E-state index is 12.2. The molecule has 2 fully saturated rings. The highest BCUT2D eigenvalue weighted by Gasteiger charge is 2.63. The number of aliphatic hydroxyl groups is 6. The molecular weight excluding hydrogens is 511 g/mol. The van der Waals surface area contributed by atoms with Gasteiger partial charge in [-0.05, 0) is 12.1 Å². The van der Waals surface area contributed by atoms with E-state index in [0.717, 1.165) is 0 Å². The van der Waals surface area contributed by atoms with Gasteiger partial charge in [-0.1, -0.05) is 41.4 Å². The second-order valence-corrected chi connectivity index (χ2v) is 8.86. The zero-order valence-corrected chi connectivity index (χ0v) is 19.0. The Bertz CT molecular complexity index is 800. The average molecular weight is 534 g/mol. The highest BCUT2D eigenvalue weighted by atomic mass is 35.5. The van der Waals surface area contributed by atoms with E-state index >= 15 is 0 Å². The summed E-state index contributed by atoms with van der Waals surface area (Å²) in [6, 6.07) is 8.01. The van der Waals surface area contributed by atoms with Crippen molar-refractivity contribution >= 4 is 40.8 Å². The maximum Gasteiger partial charge on any atom is 0.338 e. The van der Waals surface area contributed by atoms with Crippen molar-refractivity contribution in [3.63, 3.8) is 0 Å². The lowest BCUT2D eigenvalue weighted by Gasteiger charge is -2.44. The van der Waals surface area contributed by atoms with E-state index in [0.29, 0.717) is 0 Å². The molecule has 2 heterocycles. The van der Waals surface area contributed by atoms with Crippen LogP contribution in [0.4, 0.5) is 0 Å². The number of hydrogen-bond acceptors (Lipinski definition) is 11. The molecule has 2 saturated heterocycles. The van der Waals surface area contributed by atoms with Crippen molar-refractivity contribution in [2.75, 3.05) is 6.61 Å². The van der Waals surface area contributed by atoms with Crippen LogP contribution in [0, 0.1) is 0 Å². The number of carbonyl (C=O) groups is 1. The summed E-state index contributed by atoms with van der Waals surface area (Å²) in [5.74, 6) is -3.33. The summed E-state index contributed by atoms with van der Waals surface area (Å²) in [6.07, 6.45) is -12.1. The van der Waals surface area contributed by atoms with Gasteiger partial charge in [0.1, 0.15) is 43.2 Å². The van der Waals surface area contributed by atoms with Gasteiger partial charge in [0.05, 0.1) is 10.9 Å². The summed E-state index contributed by atoms with van der Waals surface area (Å²) >= 11 is 17.4. The molecular formula is C19H23Cl3O11. The highest BCUT2D eigenvalue weighted by Crippen LogP contribution is 2.41. The molecule has 0 aliphatic carbocycles. The lowest BCUT2D eigenvalue weighted by molar-refractivity contribution is -0.378. The minimum atomic E-state index is -2.63. The van der Waals surface area contributed by atoms with Gasteiger partial charge >= 0.3 is 5.97 Å². The average Bonchev–Trinajstić information content (AvgIpc) is 3.05. The third-order valence-electron chi connectivity index (χ3n) is 5.30. The van der Waals surface area contributed by atoms with Gasteiger partial charge < -0.3 is 49.6 Å². The summed E-state index contributed by atoms with van der Waals surface area (Å²) in [6.45, 7) is -0.461. The first kappa shape index (κ1) is 26.8. The molecule has 0 spiro atoms. The van der Waals surface area contributed by atoms with Gasteiger partial charge in [-0.3, -0.25) is 0 Å². The number of aliphatic hydroxyl groups excluding tert-OH is 6. The van der Waals surface area contributed by atoms with Crippen molar-refractivity contribution in [1.29, 1.82) is 0 Å². The molecule has 1 aromatic rings. The van der Waals surface area contributed by atoms with Crippen molar-refractivity contribution in [2.24, 2.45) is 0 Å². The Morgan fingerprint density at radius 3 is 2.24 bits per heavy atom. The maximum absolute atomic E-state index is 12.2. The van der Waals surface area contributed by atoms with E-state index in [4.69, 9.17) is 53.8 Å². The van der Waals surface area contributed by atoms with Crippen LogP contribution in [0.2, 0.25) is 0 Å². The number of ether oxygens (including phenoxy) is 4. The van der Waals surface area contributed by atoms with Crippen molar-refractivity contribution < 1.29 is 54.4 Å². The van der Waals surface area contributed by atoms with E-state index in [2.05, 4.69) is 0 Å². The summed E-state index contributed by atoms with van der Waals surface area (Å²) < 4.78 is 21.3. The monoisotopic (exact) mass is 532 g/mol. The quantitative estimate of drug-likeness (QED) is 0.184. The number of benzene rings is 1. The number of esters is 1. The molecule has 0 amide bonds. The second kappa shape index (κ2) is 10.9. The predicted octanol–water partition coefficient (Wildman–Crippen LogP) is -1.15. The number of alkyl halides is 3. The fraction of sp³-hybridized carbons (Fsp3) is 0.632. The zero-order chi connectivity index (χ0) is 24.5. The first-order chi connectivity index (χ1) is 15.5. The standard InChI is InChI=1S/C19H23Cl3O11/c20-9-8(6-30-16(28)7-4-2-1-3-5-7)31-17(11(24)10(9)23)33-19(18(22)29)14(26)12(25)13(32-19)15(21)27/h1-5,8-15,17-18,23-27,29H,6H2/t8-,9+,10+,11-,12-,13+,14+,15?,17+,18?,19+/m1/s1. The Morgan fingerprint density at radius 2 is 1.70 bits per heavy atom. The number of halogens is 3. The summed E-state index contributed by atoms with van der Waals surface area (Å²) in [4.78, 5) is 12.2. The largest absolute Gasteiger partial charge is 0.459 e. The molecule has 0 bridgehead atoms. The van der Waals surface area contributed by atoms with E-state index in [-0.39, 0.29) is 5.56 Å². The van der Waals surface area contributed by atoms with E-state index in [1.165, 1.54) is 12.1 Å². The fourth-order valence-corrected chi connectivity index (χ4v) is 4.18. The third-order valence-corrected chi connectivity index (χ3v) is 6.40. The Balaban J connectivity index is 1.75.